The largest absolute Gasteiger partial charge is 0.492 e. The van der Waals surface area contributed by atoms with Crippen LogP contribution in [0.25, 0.3) is 0 Å². The Hall–Kier alpha value is -2.38. The number of carbonyl (C=O) groups excluding carboxylic acids is 1. The lowest BCUT2D eigenvalue weighted by atomic mass is 10.1. The number of ether oxygens (including phenoxy) is 1. The Balaban J connectivity index is 1.42. The number of rotatable bonds is 9. The van der Waals surface area contributed by atoms with Crippen molar-refractivity contribution in [2.45, 2.75) is 43.4 Å². The first kappa shape index (κ1) is 22.3. The van der Waals surface area contributed by atoms with Crippen LogP contribution in [0.5, 0.6) is 5.75 Å². The maximum Gasteiger partial charge on any atom is 0.243 e. The van der Waals surface area contributed by atoms with Gasteiger partial charge in [-0.05, 0) is 49.1 Å². The summed E-state index contributed by atoms with van der Waals surface area (Å²) in [5.74, 6) is 0.731. The van der Waals surface area contributed by atoms with Gasteiger partial charge in [0, 0.05) is 19.5 Å². The van der Waals surface area contributed by atoms with E-state index in [1.807, 2.05) is 30.3 Å². The third-order valence-electron chi connectivity index (χ3n) is 5.20. The van der Waals surface area contributed by atoms with E-state index in [9.17, 15) is 13.2 Å². The van der Waals surface area contributed by atoms with Crippen LogP contribution >= 0.6 is 0 Å². The quantitative estimate of drug-likeness (QED) is 0.619. The van der Waals surface area contributed by atoms with Gasteiger partial charge in [0.25, 0.3) is 0 Å². The van der Waals surface area contributed by atoms with Gasteiger partial charge in [-0.15, -0.1) is 0 Å². The van der Waals surface area contributed by atoms with E-state index in [0.717, 1.165) is 37.0 Å². The molecule has 6 nitrogen and oxygen atoms in total. The van der Waals surface area contributed by atoms with E-state index < -0.39 is 10.0 Å². The van der Waals surface area contributed by atoms with Crippen molar-refractivity contribution in [2.75, 3.05) is 26.2 Å². The Bertz CT molecular complexity index is 891. The van der Waals surface area contributed by atoms with Gasteiger partial charge in [-0.1, -0.05) is 43.2 Å². The average Bonchev–Trinajstić information content (AvgIpc) is 3.07. The lowest BCUT2D eigenvalue weighted by Gasteiger charge is -2.20. The first-order valence-electron chi connectivity index (χ1n) is 10.6. The van der Waals surface area contributed by atoms with Gasteiger partial charge in [0.1, 0.15) is 12.4 Å². The number of carbonyl (C=O) groups is 1. The lowest BCUT2D eigenvalue weighted by molar-refractivity contribution is -0.121. The Morgan fingerprint density at radius 3 is 2.27 bits per heavy atom. The molecule has 1 fully saturated rings. The van der Waals surface area contributed by atoms with Crippen molar-refractivity contribution in [1.29, 1.82) is 0 Å². The van der Waals surface area contributed by atoms with Crippen LogP contribution in [-0.4, -0.2) is 44.9 Å². The highest BCUT2D eigenvalue weighted by Crippen LogP contribution is 2.21. The van der Waals surface area contributed by atoms with E-state index in [4.69, 9.17) is 4.74 Å². The maximum atomic E-state index is 12.8. The van der Waals surface area contributed by atoms with Crippen LogP contribution in [-0.2, 0) is 21.2 Å². The number of hydrogen-bond donors (Lipinski definition) is 1. The smallest absolute Gasteiger partial charge is 0.243 e. The molecule has 162 valence electrons. The van der Waals surface area contributed by atoms with E-state index in [2.05, 4.69) is 5.32 Å². The number of sulfonamides is 1. The monoisotopic (exact) mass is 430 g/mol. The van der Waals surface area contributed by atoms with E-state index >= 15 is 0 Å². The fraction of sp³-hybridized carbons (Fsp3) is 0.435. The highest BCUT2D eigenvalue weighted by Gasteiger charge is 2.24. The summed E-state index contributed by atoms with van der Waals surface area (Å²) >= 11 is 0. The molecule has 3 rings (SSSR count). The van der Waals surface area contributed by atoms with Gasteiger partial charge in [0.05, 0.1) is 11.4 Å². The van der Waals surface area contributed by atoms with Crippen molar-refractivity contribution in [3.63, 3.8) is 0 Å². The summed E-state index contributed by atoms with van der Waals surface area (Å²) in [4.78, 5) is 12.4. The topological polar surface area (TPSA) is 75.7 Å². The molecule has 0 aromatic heterocycles. The minimum absolute atomic E-state index is 0.0482. The molecule has 2 aromatic carbocycles. The highest BCUT2D eigenvalue weighted by atomic mass is 32.2. The Morgan fingerprint density at radius 1 is 0.933 bits per heavy atom. The van der Waals surface area contributed by atoms with Crippen LogP contribution in [0.3, 0.4) is 0 Å². The van der Waals surface area contributed by atoms with Crippen molar-refractivity contribution in [2.24, 2.45) is 0 Å². The van der Waals surface area contributed by atoms with E-state index in [1.54, 1.807) is 28.6 Å². The van der Waals surface area contributed by atoms with Crippen molar-refractivity contribution in [1.82, 2.24) is 9.62 Å². The molecule has 0 aliphatic carbocycles. The first-order chi connectivity index (χ1) is 14.6. The molecule has 0 unspecified atom stereocenters. The van der Waals surface area contributed by atoms with Gasteiger partial charge in [-0.2, -0.15) is 4.31 Å². The minimum Gasteiger partial charge on any atom is -0.492 e. The standard InChI is InChI=1S/C23H30N2O4S/c26-23(24-16-19-29-21-8-4-3-5-9-21)15-12-20-10-13-22(14-11-20)30(27,28)25-17-6-1-2-7-18-25/h3-5,8-11,13-14H,1-2,6-7,12,15-19H2,(H,24,26). The van der Waals surface area contributed by atoms with Crippen molar-refractivity contribution in [3.05, 3.63) is 60.2 Å². The second-order valence-electron chi connectivity index (χ2n) is 7.47. The third kappa shape index (κ3) is 6.57. The fourth-order valence-electron chi connectivity index (χ4n) is 3.48. The molecule has 1 N–H and O–H groups in total. The zero-order chi connectivity index (χ0) is 21.2. The summed E-state index contributed by atoms with van der Waals surface area (Å²) in [6.07, 6.45) is 4.93. The SMILES string of the molecule is O=C(CCc1ccc(S(=O)(=O)N2CCCCCC2)cc1)NCCOc1ccccc1. The van der Waals surface area contributed by atoms with Crippen LogP contribution < -0.4 is 10.1 Å². The summed E-state index contributed by atoms with van der Waals surface area (Å²) in [5.41, 5.74) is 0.945. The number of nitrogens with one attached hydrogen (secondary N) is 1. The molecule has 0 atom stereocenters. The maximum absolute atomic E-state index is 12.8. The Labute approximate surface area is 179 Å². The van der Waals surface area contributed by atoms with Crippen LogP contribution in [0.1, 0.15) is 37.7 Å². The summed E-state index contributed by atoms with van der Waals surface area (Å²) in [6, 6.07) is 16.4. The zero-order valence-electron chi connectivity index (χ0n) is 17.3. The summed E-state index contributed by atoms with van der Waals surface area (Å²) in [5, 5.41) is 2.84. The molecule has 1 aliphatic rings. The summed E-state index contributed by atoms with van der Waals surface area (Å²) in [6.45, 7) is 2.05. The van der Waals surface area contributed by atoms with Gasteiger partial charge in [0.15, 0.2) is 0 Å². The number of nitrogens with zero attached hydrogens (tertiary/aromatic N) is 1. The molecular formula is C23H30N2O4S. The number of benzene rings is 2. The Kier molecular flexibility index (Phi) is 8.28. The van der Waals surface area contributed by atoms with Crippen LogP contribution in [0.15, 0.2) is 59.5 Å². The molecule has 1 aliphatic heterocycles. The van der Waals surface area contributed by atoms with Crippen molar-refractivity contribution in [3.8, 4) is 5.75 Å². The highest BCUT2D eigenvalue weighted by molar-refractivity contribution is 7.89. The number of para-hydroxylation sites is 1. The van der Waals surface area contributed by atoms with Crippen molar-refractivity contribution >= 4 is 15.9 Å². The third-order valence-corrected chi connectivity index (χ3v) is 7.12. The molecule has 1 saturated heterocycles. The predicted molar refractivity (Wildman–Crippen MR) is 117 cm³/mol. The van der Waals surface area contributed by atoms with E-state index in [0.29, 0.717) is 44.0 Å². The van der Waals surface area contributed by atoms with Gasteiger partial charge < -0.3 is 10.1 Å². The van der Waals surface area contributed by atoms with Crippen molar-refractivity contribution < 1.29 is 17.9 Å². The zero-order valence-corrected chi connectivity index (χ0v) is 18.1. The fourth-order valence-corrected chi connectivity index (χ4v) is 5.00. The number of hydrogen-bond acceptors (Lipinski definition) is 4. The van der Waals surface area contributed by atoms with Gasteiger partial charge >= 0.3 is 0 Å². The summed E-state index contributed by atoms with van der Waals surface area (Å²) in [7, 11) is -3.43. The second-order valence-corrected chi connectivity index (χ2v) is 9.41. The summed E-state index contributed by atoms with van der Waals surface area (Å²) < 4.78 is 32.8. The number of aryl methyl sites for hydroxylation is 1. The molecule has 0 spiro atoms. The molecule has 1 heterocycles. The van der Waals surface area contributed by atoms with Crippen LogP contribution in [0, 0.1) is 0 Å². The molecule has 7 heteroatoms. The van der Waals surface area contributed by atoms with Gasteiger partial charge in [-0.25, -0.2) is 8.42 Å². The molecule has 0 saturated carbocycles. The average molecular weight is 431 g/mol. The van der Waals surface area contributed by atoms with Crippen LogP contribution in [0.2, 0.25) is 0 Å². The van der Waals surface area contributed by atoms with Gasteiger partial charge in [-0.3, -0.25) is 4.79 Å². The predicted octanol–water partition coefficient (Wildman–Crippen LogP) is 3.38. The second kappa shape index (κ2) is 11.1. The molecule has 0 radical (unpaired) electrons. The molecule has 1 amide bonds. The normalized spacial score (nSPS) is 15.3. The Morgan fingerprint density at radius 2 is 1.60 bits per heavy atom. The van der Waals surface area contributed by atoms with E-state index in [-0.39, 0.29) is 5.91 Å². The molecular weight excluding hydrogens is 400 g/mol. The lowest BCUT2D eigenvalue weighted by Crippen LogP contribution is -2.31. The first-order valence-corrected chi connectivity index (χ1v) is 12.0. The van der Waals surface area contributed by atoms with E-state index in [1.165, 1.54) is 0 Å². The van der Waals surface area contributed by atoms with Crippen LogP contribution in [0.4, 0.5) is 0 Å². The number of amides is 1. The molecule has 2 aromatic rings. The molecule has 30 heavy (non-hydrogen) atoms. The minimum atomic E-state index is -3.43. The molecule has 0 bridgehead atoms. The van der Waals surface area contributed by atoms with Gasteiger partial charge in [0.2, 0.25) is 15.9 Å².